The van der Waals surface area contributed by atoms with Gasteiger partial charge in [0.25, 0.3) is 0 Å². The van der Waals surface area contributed by atoms with Gasteiger partial charge in [-0.05, 0) is 12.8 Å². The maximum Gasteiger partial charge on any atom is 0.195 e. The first kappa shape index (κ1) is 11.0. The second-order valence-electron chi connectivity index (χ2n) is 2.92. The minimum Gasteiger partial charge on any atom is -0.206 e. The SMILES string of the molecule is CCc1c(F)c(F)c(F)c(CC)c1F. The van der Waals surface area contributed by atoms with Crippen LogP contribution in [-0.2, 0) is 12.8 Å². The van der Waals surface area contributed by atoms with Crippen LogP contribution in [0.4, 0.5) is 17.6 Å². The van der Waals surface area contributed by atoms with Crippen LogP contribution in [0, 0.1) is 23.3 Å². The highest BCUT2D eigenvalue weighted by Gasteiger charge is 2.22. The zero-order chi connectivity index (χ0) is 10.9. The van der Waals surface area contributed by atoms with Crippen LogP contribution < -0.4 is 0 Å². The van der Waals surface area contributed by atoms with Gasteiger partial charge < -0.3 is 0 Å². The van der Waals surface area contributed by atoms with Crippen LogP contribution in [0.25, 0.3) is 0 Å². The van der Waals surface area contributed by atoms with E-state index in [4.69, 9.17) is 0 Å². The molecule has 0 fully saturated rings. The summed E-state index contributed by atoms with van der Waals surface area (Å²) in [5.41, 5.74) is -0.776. The first-order chi connectivity index (χ1) is 6.54. The molecular formula is C10H10F4. The molecule has 0 aliphatic rings. The maximum atomic E-state index is 13.3. The lowest BCUT2D eigenvalue weighted by molar-refractivity contribution is 0.417. The summed E-state index contributed by atoms with van der Waals surface area (Å²) in [6.07, 6.45) is 0.00370. The lowest BCUT2D eigenvalue weighted by Crippen LogP contribution is -2.07. The van der Waals surface area contributed by atoms with Crippen molar-refractivity contribution in [1.29, 1.82) is 0 Å². The molecule has 14 heavy (non-hydrogen) atoms. The highest BCUT2D eigenvalue weighted by atomic mass is 19.2. The summed E-state index contributed by atoms with van der Waals surface area (Å²) in [5.74, 6) is -5.38. The number of rotatable bonds is 2. The average molecular weight is 206 g/mol. The summed E-state index contributed by atoms with van der Waals surface area (Å²) in [7, 11) is 0. The molecule has 0 radical (unpaired) electrons. The van der Waals surface area contributed by atoms with Gasteiger partial charge in [0.05, 0.1) is 0 Å². The van der Waals surface area contributed by atoms with Crippen LogP contribution >= 0.6 is 0 Å². The van der Waals surface area contributed by atoms with Crippen LogP contribution in [0.3, 0.4) is 0 Å². The minimum absolute atomic E-state index is 0.00185. The molecule has 0 unspecified atom stereocenters. The molecule has 0 aliphatic heterocycles. The fourth-order valence-electron chi connectivity index (χ4n) is 1.36. The molecule has 0 nitrogen and oxygen atoms in total. The smallest absolute Gasteiger partial charge is 0.195 e. The molecule has 0 aromatic heterocycles. The van der Waals surface area contributed by atoms with E-state index in [1.807, 2.05) is 0 Å². The average Bonchev–Trinajstić information content (AvgIpc) is 2.16. The van der Waals surface area contributed by atoms with Gasteiger partial charge in [0.1, 0.15) is 5.82 Å². The second-order valence-corrected chi connectivity index (χ2v) is 2.92. The topological polar surface area (TPSA) is 0 Å². The van der Waals surface area contributed by atoms with Gasteiger partial charge in [-0.3, -0.25) is 0 Å². The normalized spacial score (nSPS) is 10.7. The van der Waals surface area contributed by atoms with Crippen LogP contribution in [0.2, 0.25) is 0 Å². The zero-order valence-electron chi connectivity index (χ0n) is 7.93. The van der Waals surface area contributed by atoms with E-state index in [1.165, 1.54) is 13.8 Å². The van der Waals surface area contributed by atoms with Gasteiger partial charge >= 0.3 is 0 Å². The summed E-state index contributed by atoms with van der Waals surface area (Å²) in [6.45, 7) is 2.97. The van der Waals surface area contributed by atoms with Gasteiger partial charge in [0, 0.05) is 11.1 Å². The van der Waals surface area contributed by atoms with Gasteiger partial charge in [-0.15, -0.1) is 0 Å². The van der Waals surface area contributed by atoms with Crippen LogP contribution in [0.5, 0.6) is 0 Å². The van der Waals surface area contributed by atoms with E-state index in [0.717, 1.165) is 0 Å². The lowest BCUT2D eigenvalue weighted by Gasteiger charge is -2.09. The summed E-state index contributed by atoms with van der Waals surface area (Å²) in [6, 6.07) is 0. The molecule has 0 bridgehead atoms. The van der Waals surface area contributed by atoms with Crippen LogP contribution in [0.15, 0.2) is 0 Å². The Morgan fingerprint density at radius 2 is 1.00 bits per heavy atom. The van der Waals surface area contributed by atoms with Gasteiger partial charge in [-0.2, -0.15) is 0 Å². The molecule has 1 aromatic rings. The van der Waals surface area contributed by atoms with Crippen molar-refractivity contribution in [3.8, 4) is 0 Å². The summed E-state index contributed by atoms with van der Waals surface area (Å²) >= 11 is 0. The zero-order valence-corrected chi connectivity index (χ0v) is 7.93. The molecule has 0 saturated heterocycles. The molecule has 0 aliphatic carbocycles. The fraction of sp³-hybridized carbons (Fsp3) is 0.400. The number of benzene rings is 1. The molecule has 78 valence electrons. The van der Waals surface area contributed by atoms with Crippen molar-refractivity contribution in [2.45, 2.75) is 26.7 Å². The Morgan fingerprint density at radius 1 is 0.643 bits per heavy atom. The molecule has 0 heterocycles. The molecule has 1 rings (SSSR count). The molecule has 0 spiro atoms. The Bertz CT molecular complexity index is 327. The Morgan fingerprint density at radius 3 is 1.29 bits per heavy atom. The van der Waals surface area contributed by atoms with Crippen molar-refractivity contribution in [2.24, 2.45) is 0 Å². The Kier molecular flexibility index (Phi) is 3.13. The largest absolute Gasteiger partial charge is 0.206 e. The third kappa shape index (κ3) is 1.49. The van der Waals surface area contributed by atoms with Gasteiger partial charge in [0.2, 0.25) is 0 Å². The highest BCUT2D eigenvalue weighted by molar-refractivity contribution is 5.30. The summed E-state index contributed by atoms with van der Waals surface area (Å²) in [4.78, 5) is 0. The van der Waals surface area contributed by atoms with E-state index in [1.54, 1.807) is 0 Å². The van der Waals surface area contributed by atoms with Crippen molar-refractivity contribution < 1.29 is 17.6 Å². The second kappa shape index (κ2) is 3.98. The van der Waals surface area contributed by atoms with Crippen molar-refractivity contribution >= 4 is 0 Å². The van der Waals surface area contributed by atoms with Gasteiger partial charge in [-0.1, -0.05) is 13.8 Å². The molecule has 1 aromatic carbocycles. The Balaban J connectivity index is 3.56. The maximum absolute atomic E-state index is 13.3. The molecule has 0 N–H and O–H groups in total. The highest BCUT2D eigenvalue weighted by Crippen LogP contribution is 2.24. The predicted octanol–water partition coefficient (Wildman–Crippen LogP) is 3.37. The third-order valence-electron chi connectivity index (χ3n) is 2.15. The first-order valence-corrected chi connectivity index (χ1v) is 4.38. The molecule has 0 atom stereocenters. The van der Waals surface area contributed by atoms with Crippen LogP contribution in [-0.4, -0.2) is 0 Å². The standard InChI is InChI=1S/C10H10F4/c1-3-5-7(11)6(4-2)9(13)10(14)8(5)12/h3-4H2,1-2H3. The third-order valence-corrected chi connectivity index (χ3v) is 2.15. The van der Waals surface area contributed by atoms with E-state index in [2.05, 4.69) is 0 Å². The van der Waals surface area contributed by atoms with Crippen molar-refractivity contribution in [3.63, 3.8) is 0 Å². The van der Waals surface area contributed by atoms with Gasteiger partial charge in [0.15, 0.2) is 17.5 Å². The number of hydrogen-bond donors (Lipinski definition) is 0. The van der Waals surface area contributed by atoms with Gasteiger partial charge in [-0.25, -0.2) is 17.6 Å². The lowest BCUT2D eigenvalue weighted by atomic mass is 10.0. The van der Waals surface area contributed by atoms with Crippen molar-refractivity contribution in [3.05, 3.63) is 34.4 Å². The number of halogens is 4. The first-order valence-electron chi connectivity index (χ1n) is 4.38. The molecule has 4 heteroatoms. The summed E-state index contributed by atoms with van der Waals surface area (Å²) < 4.78 is 52.2. The summed E-state index contributed by atoms with van der Waals surface area (Å²) in [5, 5.41) is 0. The van der Waals surface area contributed by atoms with Crippen LogP contribution in [0.1, 0.15) is 25.0 Å². The van der Waals surface area contributed by atoms with E-state index in [-0.39, 0.29) is 24.0 Å². The van der Waals surface area contributed by atoms with Crippen molar-refractivity contribution in [2.75, 3.05) is 0 Å². The quantitative estimate of drug-likeness (QED) is 0.395. The predicted molar refractivity (Wildman–Crippen MR) is 45.0 cm³/mol. The Labute approximate surface area is 79.6 Å². The van der Waals surface area contributed by atoms with E-state index in [0.29, 0.717) is 0 Å². The van der Waals surface area contributed by atoms with E-state index < -0.39 is 23.3 Å². The molecular weight excluding hydrogens is 196 g/mol. The monoisotopic (exact) mass is 206 g/mol. The molecule has 0 amide bonds. The van der Waals surface area contributed by atoms with Crippen molar-refractivity contribution in [1.82, 2.24) is 0 Å². The van der Waals surface area contributed by atoms with E-state index in [9.17, 15) is 17.6 Å². The molecule has 0 saturated carbocycles. The minimum atomic E-state index is -1.58. The fourth-order valence-corrected chi connectivity index (χ4v) is 1.36. The number of hydrogen-bond acceptors (Lipinski definition) is 0. The Hall–Kier alpha value is -1.06. The van der Waals surface area contributed by atoms with E-state index >= 15 is 0 Å².